The van der Waals surface area contributed by atoms with Crippen LogP contribution in [0.15, 0.2) is 6.07 Å². The van der Waals surface area contributed by atoms with Crippen LogP contribution in [0.3, 0.4) is 0 Å². The molecule has 1 rings (SSSR count). The number of carboxylic acid groups (broad SMARTS) is 1. The summed E-state index contributed by atoms with van der Waals surface area (Å²) in [5.74, 6) is -0.856. The number of nitrogens with one attached hydrogen (secondary N) is 1. The zero-order chi connectivity index (χ0) is 14.1. The molecule has 0 amide bonds. The molecule has 0 aromatic carbocycles. The van der Waals surface area contributed by atoms with Gasteiger partial charge in [0.15, 0.2) is 0 Å². The van der Waals surface area contributed by atoms with E-state index in [0.29, 0.717) is 31.2 Å². The average Bonchev–Trinajstić information content (AvgIpc) is 2.74. The number of carbonyl (C=O) groups is 1. The van der Waals surface area contributed by atoms with Crippen molar-refractivity contribution in [2.45, 2.75) is 19.9 Å². The summed E-state index contributed by atoms with van der Waals surface area (Å²) < 4.78 is 10.2. The van der Waals surface area contributed by atoms with Crippen LogP contribution in [-0.2, 0) is 16.0 Å². The van der Waals surface area contributed by atoms with Gasteiger partial charge in [-0.1, -0.05) is 0 Å². The first-order valence-corrected chi connectivity index (χ1v) is 7.06. The van der Waals surface area contributed by atoms with Crippen molar-refractivity contribution in [1.82, 2.24) is 5.32 Å². The van der Waals surface area contributed by atoms with Gasteiger partial charge in [-0.2, -0.15) is 0 Å². The van der Waals surface area contributed by atoms with E-state index in [0.717, 1.165) is 23.4 Å². The lowest BCUT2D eigenvalue weighted by atomic mass is 10.2. The molecule has 0 aliphatic rings. The molecule has 0 atom stereocenters. The van der Waals surface area contributed by atoms with Crippen molar-refractivity contribution in [2.75, 3.05) is 33.5 Å². The second-order valence-electron chi connectivity index (χ2n) is 4.13. The largest absolute Gasteiger partial charge is 0.477 e. The lowest BCUT2D eigenvalue weighted by Gasteiger charge is -2.05. The molecular formula is C13H21NO4S. The van der Waals surface area contributed by atoms with Crippen LogP contribution in [0.1, 0.15) is 26.5 Å². The van der Waals surface area contributed by atoms with Crippen molar-refractivity contribution in [3.05, 3.63) is 21.4 Å². The summed E-state index contributed by atoms with van der Waals surface area (Å²) in [6.45, 7) is 5.46. The Morgan fingerprint density at radius 3 is 2.84 bits per heavy atom. The molecule has 0 spiro atoms. The van der Waals surface area contributed by atoms with Gasteiger partial charge < -0.3 is 19.9 Å². The van der Waals surface area contributed by atoms with Crippen molar-refractivity contribution in [3.63, 3.8) is 0 Å². The second-order valence-corrected chi connectivity index (χ2v) is 5.39. The molecule has 1 aromatic heterocycles. The minimum absolute atomic E-state index is 0.400. The summed E-state index contributed by atoms with van der Waals surface area (Å²) in [6, 6.07) is 1.74. The van der Waals surface area contributed by atoms with Gasteiger partial charge in [0.1, 0.15) is 4.88 Å². The summed E-state index contributed by atoms with van der Waals surface area (Å²) in [5.41, 5.74) is 1.06. The molecule has 2 N–H and O–H groups in total. The van der Waals surface area contributed by atoms with Crippen LogP contribution >= 0.6 is 11.3 Å². The van der Waals surface area contributed by atoms with Crippen LogP contribution in [0.25, 0.3) is 0 Å². The third-order valence-electron chi connectivity index (χ3n) is 2.62. The van der Waals surface area contributed by atoms with Crippen molar-refractivity contribution in [1.29, 1.82) is 0 Å². The number of aryl methyl sites for hydroxylation is 1. The first kappa shape index (κ1) is 16.1. The first-order chi connectivity index (χ1) is 9.15. The number of methoxy groups -OCH3 is 1. The van der Waals surface area contributed by atoms with Crippen molar-refractivity contribution in [3.8, 4) is 0 Å². The molecule has 19 heavy (non-hydrogen) atoms. The minimum atomic E-state index is -0.856. The third kappa shape index (κ3) is 6.15. The van der Waals surface area contributed by atoms with Crippen LogP contribution < -0.4 is 5.32 Å². The predicted molar refractivity (Wildman–Crippen MR) is 75.0 cm³/mol. The van der Waals surface area contributed by atoms with Gasteiger partial charge in [0.2, 0.25) is 0 Å². The van der Waals surface area contributed by atoms with E-state index in [-0.39, 0.29) is 0 Å². The van der Waals surface area contributed by atoms with Gasteiger partial charge in [0.25, 0.3) is 0 Å². The number of carboxylic acids is 1. The van der Waals surface area contributed by atoms with Crippen molar-refractivity contribution < 1.29 is 19.4 Å². The zero-order valence-electron chi connectivity index (χ0n) is 11.4. The van der Waals surface area contributed by atoms with E-state index in [4.69, 9.17) is 14.6 Å². The zero-order valence-corrected chi connectivity index (χ0v) is 12.2. The normalized spacial score (nSPS) is 10.8. The van der Waals surface area contributed by atoms with E-state index in [2.05, 4.69) is 5.32 Å². The number of hydrogen-bond donors (Lipinski definition) is 2. The molecule has 6 heteroatoms. The van der Waals surface area contributed by atoms with Gasteiger partial charge in [0, 0.05) is 25.1 Å². The van der Waals surface area contributed by atoms with E-state index in [1.165, 1.54) is 11.3 Å². The van der Waals surface area contributed by atoms with E-state index in [1.54, 1.807) is 13.2 Å². The Kier molecular flexibility index (Phi) is 7.66. The van der Waals surface area contributed by atoms with E-state index in [9.17, 15) is 4.79 Å². The van der Waals surface area contributed by atoms with Crippen LogP contribution in [0, 0.1) is 6.92 Å². The summed E-state index contributed by atoms with van der Waals surface area (Å²) >= 11 is 1.32. The van der Waals surface area contributed by atoms with Crippen molar-refractivity contribution >= 4 is 17.3 Å². The molecular weight excluding hydrogens is 266 g/mol. The van der Waals surface area contributed by atoms with Crippen LogP contribution in [0.5, 0.6) is 0 Å². The highest BCUT2D eigenvalue weighted by Gasteiger charge is 2.10. The second kappa shape index (κ2) is 9.03. The highest BCUT2D eigenvalue weighted by molar-refractivity contribution is 7.14. The molecule has 108 valence electrons. The molecule has 0 saturated carbocycles. The van der Waals surface area contributed by atoms with Gasteiger partial charge in [-0.25, -0.2) is 4.79 Å². The number of thiophene rings is 1. The molecule has 0 aliphatic heterocycles. The standard InChI is InChI=1S/C13H21NO4S/c1-10-11(8-12(19-10)13(15)16)9-14-4-3-5-18-7-6-17-2/h8,14H,3-7,9H2,1-2H3,(H,15,16). The van der Waals surface area contributed by atoms with Crippen molar-refractivity contribution in [2.24, 2.45) is 0 Å². The number of rotatable bonds is 10. The molecule has 0 unspecified atom stereocenters. The average molecular weight is 287 g/mol. The molecule has 0 saturated heterocycles. The lowest BCUT2D eigenvalue weighted by Crippen LogP contribution is -2.17. The Balaban J connectivity index is 2.14. The highest BCUT2D eigenvalue weighted by atomic mass is 32.1. The Hall–Kier alpha value is -0.950. The van der Waals surface area contributed by atoms with Gasteiger partial charge >= 0.3 is 5.97 Å². The maximum Gasteiger partial charge on any atom is 0.345 e. The van der Waals surface area contributed by atoms with E-state index in [1.807, 2.05) is 6.92 Å². The summed E-state index contributed by atoms with van der Waals surface area (Å²) in [4.78, 5) is 12.3. The Bertz CT molecular complexity index is 392. The molecule has 1 heterocycles. The lowest BCUT2D eigenvalue weighted by molar-refractivity contribution is 0.0695. The Labute approximate surface area is 117 Å². The minimum Gasteiger partial charge on any atom is -0.477 e. The third-order valence-corrected chi connectivity index (χ3v) is 3.70. The highest BCUT2D eigenvalue weighted by Crippen LogP contribution is 2.21. The monoisotopic (exact) mass is 287 g/mol. The quantitative estimate of drug-likeness (QED) is 0.643. The number of hydrogen-bond acceptors (Lipinski definition) is 5. The predicted octanol–water partition coefficient (Wildman–Crippen LogP) is 1.90. The number of aromatic carboxylic acids is 1. The van der Waals surface area contributed by atoms with Gasteiger partial charge in [-0.3, -0.25) is 0 Å². The Morgan fingerprint density at radius 2 is 2.21 bits per heavy atom. The topological polar surface area (TPSA) is 67.8 Å². The van der Waals surface area contributed by atoms with E-state index >= 15 is 0 Å². The first-order valence-electron chi connectivity index (χ1n) is 6.25. The molecule has 0 fully saturated rings. The van der Waals surface area contributed by atoms with Gasteiger partial charge in [-0.05, 0) is 31.5 Å². The summed E-state index contributed by atoms with van der Waals surface area (Å²) in [5, 5.41) is 12.2. The SMILES string of the molecule is COCCOCCCNCc1cc(C(=O)O)sc1C. The van der Waals surface area contributed by atoms with Crippen LogP contribution in [-0.4, -0.2) is 44.6 Å². The van der Waals surface area contributed by atoms with Crippen LogP contribution in [0.2, 0.25) is 0 Å². The maximum atomic E-state index is 10.8. The van der Waals surface area contributed by atoms with Gasteiger partial charge in [-0.15, -0.1) is 11.3 Å². The molecule has 0 bridgehead atoms. The molecule has 0 aliphatic carbocycles. The molecule has 0 radical (unpaired) electrons. The molecule has 1 aromatic rings. The summed E-state index contributed by atoms with van der Waals surface area (Å²) in [6.07, 6.45) is 0.929. The fourth-order valence-corrected chi connectivity index (χ4v) is 2.45. The smallest absolute Gasteiger partial charge is 0.345 e. The maximum absolute atomic E-state index is 10.8. The van der Waals surface area contributed by atoms with Crippen LogP contribution in [0.4, 0.5) is 0 Å². The fraction of sp³-hybridized carbons (Fsp3) is 0.615. The van der Waals surface area contributed by atoms with E-state index < -0.39 is 5.97 Å². The Morgan fingerprint density at radius 1 is 1.42 bits per heavy atom. The number of ether oxygens (including phenoxy) is 2. The van der Waals surface area contributed by atoms with Gasteiger partial charge in [0.05, 0.1) is 13.2 Å². The fourth-order valence-electron chi connectivity index (χ4n) is 1.57. The molecule has 5 nitrogen and oxygen atoms in total. The summed E-state index contributed by atoms with van der Waals surface area (Å²) in [7, 11) is 1.65.